The summed E-state index contributed by atoms with van der Waals surface area (Å²) in [5.74, 6) is 1.21. The molecule has 1 aliphatic carbocycles. The summed E-state index contributed by atoms with van der Waals surface area (Å²) in [7, 11) is 0. The average molecular weight is 704 g/mol. The summed E-state index contributed by atoms with van der Waals surface area (Å²) in [6.07, 6.45) is 10.3. The molecule has 1 radical (unpaired) electrons. The van der Waals surface area contributed by atoms with E-state index >= 15 is 0 Å². The van der Waals surface area contributed by atoms with E-state index in [2.05, 4.69) is 61.9 Å². The van der Waals surface area contributed by atoms with Crippen LogP contribution in [0.2, 0.25) is 0 Å². The standard InChI is InChI=1S/C39H54N2O4.Y/c1-27(12-23-34-10-8-24-40(34)36(42)44-38(2,3)4)28-13-15-29(16-14-28)30-17-19-31(20-18-30)32-21-22-33(26-32)35-11-9-25-41(35)37(43)45-39(5,6)7;/h13-20,23,27,32-35H,1,8-12,21-22,24-26H2,2-7H3;/q-2;/t27?,32?,33?,34-,35-;/m0./s1. The summed E-state index contributed by atoms with van der Waals surface area (Å²) < 4.78 is 11.3. The number of amides is 2. The van der Waals surface area contributed by atoms with Crippen LogP contribution in [0.15, 0.2) is 48.5 Å². The van der Waals surface area contributed by atoms with Crippen molar-refractivity contribution in [2.75, 3.05) is 13.1 Å². The van der Waals surface area contributed by atoms with Gasteiger partial charge in [0.25, 0.3) is 0 Å². The third-order valence-corrected chi connectivity index (χ3v) is 9.66. The molecule has 0 bridgehead atoms. The minimum Gasteiger partial charge on any atom is -0.444 e. The van der Waals surface area contributed by atoms with Gasteiger partial charge in [-0.3, -0.25) is 0 Å². The van der Waals surface area contributed by atoms with Crippen LogP contribution in [0.4, 0.5) is 9.59 Å². The Morgan fingerprint density at radius 1 is 0.804 bits per heavy atom. The molecule has 0 N–H and O–H groups in total. The van der Waals surface area contributed by atoms with E-state index in [1.54, 1.807) is 0 Å². The van der Waals surface area contributed by atoms with E-state index in [0.717, 1.165) is 51.6 Å². The fraction of sp³-hybridized carbons (Fsp3) is 0.590. The van der Waals surface area contributed by atoms with E-state index in [1.807, 2.05) is 51.3 Å². The van der Waals surface area contributed by atoms with Gasteiger partial charge >= 0.3 is 12.2 Å². The van der Waals surface area contributed by atoms with Gasteiger partial charge in [0.1, 0.15) is 11.2 Å². The Morgan fingerprint density at radius 3 is 1.96 bits per heavy atom. The number of hydrogen-bond acceptors (Lipinski definition) is 4. The van der Waals surface area contributed by atoms with Crippen molar-refractivity contribution in [3.63, 3.8) is 0 Å². The van der Waals surface area contributed by atoms with Crippen LogP contribution in [-0.4, -0.2) is 58.4 Å². The molecule has 0 aromatic heterocycles. The average Bonchev–Trinajstić information content (AvgIpc) is 3.75. The molecule has 6 nitrogen and oxygen atoms in total. The summed E-state index contributed by atoms with van der Waals surface area (Å²) in [6.45, 7) is 17.6. The van der Waals surface area contributed by atoms with Crippen molar-refractivity contribution in [1.82, 2.24) is 9.80 Å². The quantitative estimate of drug-likeness (QED) is 0.270. The minimum atomic E-state index is -0.483. The molecule has 0 spiro atoms. The topological polar surface area (TPSA) is 59.1 Å². The van der Waals surface area contributed by atoms with Crippen molar-refractivity contribution in [3.8, 4) is 11.1 Å². The van der Waals surface area contributed by atoms with E-state index in [0.29, 0.717) is 17.9 Å². The Hall–Kier alpha value is -1.92. The normalized spacial score (nSPS) is 24.1. The first-order chi connectivity index (χ1) is 21.3. The SMILES string of the molecule is [CH2-]C(C[CH-][C@@H]1CCCN1C(=O)OC(C)(C)C)c1ccc(-c2ccc(C3CCC([C@@H]4CCCN4C(=O)OC(C)(C)C)C3)cc2)cc1.[Y]. The zero-order chi connectivity index (χ0) is 32.4. The summed E-state index contributed by atoms with van der Waals surface area (Å²) in [5, 5.41) is 0. The van der Waals surface area contributed by atoms with Gasteiger partial charge in [0, 0.05) is 51.8 Å². The molecule has 2 aliphatic heterocycles. The first-order valence-corrected chi connectivity index (χ1v) is 17.1. The van der Waals surface area contributed by atoms with Gasteiger partial charge in [-0.05, 0) is 109 Å². The van der Waals surface area contributed by atoms with Crippen molar-refractivity contribution in [2.45, 2.75) is 128 Å². The fourth-order valence-electron chi connectivity index (χ4n) is 7.44. The van der Waals surface area contributed by atoms with Crippen LogP contribution in [0.25, 0.3) is 11.1 Å². The van der Waals surface area contributed by atoms with E-state index < -0.39 is 11.2 Å². The second kappa shape index (κ2) is 15.5. The molecule has 3 unspecified atom stereocenters. The predicted molar refractivity (Wildman–Crippen MR) is 181 cm³/mol. The van der Waals surface area contributed by atoms with Gasteiger partial charge in [-0.2, -0.15) is 12.3 Å². The maximum Gasteiger partial charge on any atom is 0.410 e. The van der Waals surface area contributed by atoms with Gasteiger partial charge in [0.05, 0.1) is 0 Å². The number of ether oxygens (including phenoxy) is 2. The van der Waals surface area contributed by atoms with Gasteiger partial charge < -0.3 is 32.6 Å². The summed E-state index contributed by atoms with van der Waals surface area (Å²) in [4.78, 5) is 29.4. The van der Waals surface area contributed by atoms with Gasteiger partial charge in [-0.1, -0.05) is 66.6 Å². The first kappa shape index (κ1) is 36.9. The maximum absolute atomic E-state index is 12.9. The summed E-state index contributed by atoms with van der Waals surface area (Å²) in [6, 6.07) is 18.3. The molecule has 2 saturated heterocycles. The molecule has 2 heterocycles. The van der Waals surface area contributed by atoms with Gasteiger partial charge in [0.2, 0.25) is 0 Å². The van der Waals surface area contributed by atoms with Crippen molar-refractivity contribution < 1.29 is 51.8 Å². The van der Waals surface area contributed by atoms with E-state index in [1.165, 1.54) is 35.1 Å². The number of likely N-dealkylation sites (tertiary alicyclic amines) is 2. The molecule has 5 atom stereocenters. The molecular formula is C39H54N2O4Y-2. The van der Waals surface area contributed by atoms with Crippen LogP contribution >= 0.6 is 0 Å². The zero-order valence-corrected chi connectivity index (χ0v) is 31.8. The molecule has 46 heavy (non-hydrogen) atoms. The smallest absolute Gasteiger partial charge is 0.410 e. The van der Waals surface area contributed by atoms with Crippen LogP contribution in [0.1, 0.15) is 116 Å². The van der Waals surface area contributed by atoms with Crippen LogP contribution in [-0.2, 0) is 42.2 Å². The molecule has 249 valence electrons. The Kier molecular flexibility index (Phi) is 12.5. The monoisotopic (exact) mass is 703 g/mol. The number of carbonyl (C=O) groups excluding carboxylic acids is 2. The van der Waals surface area contributed by atoms with Crippen LogP contribution in [0.3, 0.4) is 0 Å². The Balaban J connectivity index is 0.00000480. The van der Waals surface area contributed by atoms with Gasteiger partial charge in [0.15, 0.2) is 0 Å². The largest absolute Gasteiger partial charge is 0.444 e. The van der Waals surface area contributed by atoms with Crippen LogP contribution < -0.4 is 0 Å². The molecule has 2 amide bonds. The molecule has 3 fully saturated rings. The Labute approximate surface area is 303 Å². The van der Waals surface area contributed by atoms with Crippen molar-refractivity contribution >= 4 is 12.2 Å². The van der Waals surface area contributed by atoms with Gasteiger partial charge in [-0.25, -0.2) is 9.59 Å². The predicted octanol–water partition coefficient (Wildman–Crippen LogP) is 9.55. The third-order valence-electron chi connectivity index (χ3n) is 9.66. The Bertz CT molecular complexity index is 1300. The molecule has 3 aliphatic rings. The van der Waals surface area contributed by atoms with Crippen LogP contribution in [0.5, 0.6) is 0 Å². The summed E-state index contributed by atoms with van der Waals surface area (Å²) in [5.41, 5.74) is 4.09. The van der Waals surface area contributed by atoms with Crippen molar-refractivity contribution in [3.05, 3.63) is 73.0 Å². The van der Waals surface area contributed by atoms with Crippen molar-refractivity contribution in [1.29, 1.82) is 0 Å². The summed E-state index contributed by atoms with van der Waals surface area (Å²) >= 11 is 0. The molecular weight excluding hydrogens is 649 g/mol. The Morgan fingerprint density at radius 2 is 1.35 bits per heavy atom. The number of carbonyl (C=O) groups is 2. The molecule has 2 aromatic rings. The molecule has 2 aromatic carbocycles. The zero-order valence-electron chi connectivity index (χ0n) is 29.0. The second-order valence-corrected chi connectivity index (χ2v) is 15.4. The van der Waals surface area contributed by atoms with Gasteiger partial charge in [-0.15, -0.1) is 0 Å². The minimum absolute atomic E-state index is 0. The number of rotatable bonds is 7. The fourth-order valence-corrected chi connectivity index (χ4v) is 7.44. The second-order valence-electron chi connectivity index (χ2n) is 15.4. The van der Waals surface area contributed by atoms with E-state index in [-0.39, 0.29) is 56.9 Å². The maximum atomic E-state index is 12.9. The molecule has 7 heteroatoms. The van der Waals surface area contributed by atoms with E-state index in [4.69, 9.17) is 9.47 Å². The number of hydrogen-bond donors (Lipinski definition) is 0. The first-order valence-electron chi connectivity index (χ1n) is 17.1. The molecule has 5 rings (SSSR count). The van der Waals surface area contributed by atoms with Crippen LogP contribution in [0, 0.1) is 19.3 Å². The molecule has 1 saturated carbocycles. The number of nitrogens with zero attached hydrogens (tertiary/aromatic N) is 2. The van der Waals surface area contributed by atoms with Crippen molar-refractivity contribution in [2.24, 2.45) is 5.92 Å². The number of benzene rings is 2. The van der Waals surface area contributed by atoms with E-state index in [9.17, 15) is 9.59 Å². The third kappa shape index (κ3) is 9.59.